The Labute approximate surface area is 113 Å². The smallest absolute Gasteiger partial charge is 0.171 e. The van der Waals surface area contributed by atoms with Gasteiger partial charge in [0.15, 0.2) is 11.6 Å². The Balaban J connectivity index is 1.85. The highest BCUT2D eigenvalue weighted by atomic mass is 16.5. The van der Waals surface area contributed by atoms with Crippen molar-refractivity contribution in [2.24, 2.45) is 5.92 Å². The standard InChI is InChI=1S/C15H19N3O/c1-9-6-10(2)17-11(3)15(9)13-7-14(18-19-13)16-8-12-4-5-12/h6-7,12H,4-5,8H2,1-3H3,(H,16,18). The highest BCUT2D eigenvalue weighted by Gasteiger charge is 2.21. The van der Waals surface area contributed by atoms with Gasteiger partial charge < -0.3 is 9.84 Å². The van der Waals surface area contributed by atoms with Crippen LogP contribution in [-0.4, -0.2) is 16.7 Å². The summed E-state index contributed by atoms with van der Waals surface area (Å²) in [7, 11) is 0. The Bertz CT molecular complexity index is 576. The zero-order valence-corrected chi connectivity index (χ0v) is 11.7. The van der Waals surface area contributed by atoms with E-state index in [1.165, 1.54) is 18.4 Å². The van der Waals surface area contributed by atoms with E-state index in [1.807, 2.05) is 19.9 Å². The molecule has 1 N–H and O–H groups in total. The summed E-state index contributed by atoms with van der Waals surface area (Å²) in [6.07, 6.45) is 2.66. The minimum atomic E-state index is 0.792. The molecule has 3 rings (SSSR count). The van der Waals surface area contributed by atoms with Gasteiger partial charge in [0.25, 0.3) is 0 Å². The van der Waals surface area contributed by atoms with Gasteiger partial charge in [0.2, 0.25) is 0 Å². The molecule has 1 saturated carbocycles. The van der Waals surface area contributed by atoms with Crippen LogP contribution in [0.2, 0.25) is 0 Å². The van der Waals surface area contributed by atoms with Crippen molar-refractivity contribution in [2.75, 3.05) is 11.9 Å². The molecule has 0 saturated heterocycles. The maximum absolute atomic E-state index is 5.45. The van der Waals surface area contributed by atoms with E-state index >= 15 is 0 Å². The van der Waals surface area contributed by atoms with Crippen LogP contribution >= 0.6 is 0 Å². The third kappa shape index (κ3) is 2.62. The maximum atomic E-state index is 5.45. The topological polar surface area (TPSA) is 51.0 Å². The van der Waals surface area contributed by atoms with Gasteiger partial charge in [-0.25, -0.2) is 0 Å². The predicted molar refractivity (Wildman–Crippen MR) is 75.2 cm³/mol. The lowest BCUT2D eigenvalue weighted by molar-refractivity contribution is 0.434. The van der Waals surface area contributed by atoms with Crippen molar-refractivity contribution in [1.82, 2.24) is 10.1 Å². The number of hydrogen-bond acceptors (Lipinski definition) is 4. The van der Waals surface area contributed by atoms with Crippen LogP contribution in [0.5, 0.6) is 0 Å². The van der Waals surface area contributed by atoms with E-state index in [1.54, 1.807) is 0 Å². The molecule has 2 heterocycles. The summed E-state index contributed by atoms with van der Waals surface area (Å²) in [6, 6.07) is 4.04. The van der Waals surface area contributed by atoms with E-state index in [-0.39, 0.29) is 0 Å². The van der Waals surface area contributed by atoms with Crippen LogP contribution in [0.1, 0.15) is 29.8 Å². The normalized spacial score (nSPS) is 14.7. The fourth-order valence-electron chi connectivity index (χ4n) is 2.44. The molecule has 0 spiro atoms. The minimum Gasteiger partial charge on any atom is -0.367 e. The van der Waals surface area contributed by atoms with Crippen molar-refractivity contribution >= 4 is 5.82 Å². The van der Waals surface area contributed by atoms with Crippen molar-refractivity contribution in [3.05, 3.63) is 29.1 Å². The molecule has 0 aliphatic heterocycles. The Hall–Kier alpha value is -1.84. The molecule has 0 amide bonds. The van der Waals surface area contributed by atoms with E-state index in [4.69, 9.17) is 4.52 Å². The molecule has 4 heteroatoms. The molecule has 19 heavy (non-hydrogen) atoms. The summed E-state index contributed by atoms with van der Waals surface area (Å²) in [5.41, 5.74) is 4.25. The van der Waals surface area contributed by atoms with Crippen molar-refractivity contribution in [1.29, 1.82) is 0 Å². The molecule has 0 atom stereocenters. The summed E-state index contributed by atoms with van der Waals surface area (Å²) in [5, 5.41) is 7.40. The molecule has 0 aromatic carbocycles. The van der Waals surface area contributed by atoms with Gasteiger partial charge in [-0.05, 0) is 51.2 Å². The van der Waals surface area contributed by atoms with Crippen molar-refractivity contribution in [3.63, 3.8) is 0 Å². The highest BCUT2D eigenvalue weighted by Crippen LogP contribution is 2.31. The molecule has 0 radical (unpaired) electrons. The predicted octanol–water partition coefficient (Wildman–Crippen LogP) is 3.48. The van der Waals surface area contributed by atoms with Crippen LogP contribution < -0.4 is 5.32 Å². The van der Waals surface area contributed by atoms with Crippen molar-refractivity contribution in [2.45, 2.75) is 33.6 Å². The number of nitrogens with zero attached hydrogens (tertiary/aromatic N) is 2. The van der Waals surface area contributed by atoms with Crippen LogP contribution in [0.25, 0.3) is 11.3 Å². The average molecular weight is 257 g/mol. The molecule has 1 aliphatic carbocycles. The number of aromatic nitrogens is 2. The van der Waals surface area contributed by atoms with Gasteiger partial charge in [0.05, 0.1) is 0 Å². The number of pyridine rings is 1. The van der Waals surface area contributed by atoms with Crippen LogP contribution in [-0.2, 0) is 0 Å². The molecule has 1 aliphatic rings. The molecule has 2 aromatic heterocycles. The molecule has 100 valence electrons. The van der Waals surface area contributed by atoms with Crippen molar-refractivity contribution < 1.29 is 4.52 Å². The van der Waals surface area contributed by atoms with Gasteiger partial charge in [-0.2, -0.15) is 0 Å². The second-order valence-electron chi connectivity index (χ2n) is 5.44. The first-order valence-electron chi connectivity index (χ1n) is 6.79. The first kappa shape index (κ1) is 12.2. The largest absolute Gasteiger partial charge is 0.367 e. The maximum Gasteiger partial charge on any atom is 0.171 e. The molecule has 0 bridgehead atoms. The Morgan fingerprint density at radius 1 is 1.26 bits per heavy atom. The lowest BCUT2D eigenvalue weighted by Gasteiger charge is -2.06. The van der Waals surface area contributed by atoms with E-state index in [0.29, 0.717) is 0 Å². The number of anilines is 1. The number of hydrogen-bond donors (Lipinski definition) is 1. The summed E-state index contributed by atoms with van der Waals surface area (Å²) in [6.45, 7) is 7.09. The minimum absolute atomic E-state index is 0.792. The molecule has 0 unspecified atom stereocenters. The third-order valence-corrected chi connectivity index (χ3v) is 3.55. The molecule has 4 nitrogen and oxygen atoms in total. The molecular formula is C15H19N3O. The number of aryl methyl sites for hydroxylation is 3. The van der Waals surface area contributed by atoms with E-state index in [9.17, 15) is 0 Å². The molecule has 1 fully saturated rings. The number of rotatable bonds is 4. The van der Waals surface area contributed by atoms with Gasteiger partial charge in [0, 0.05) is 29.6 Å². The van der Waals surface area contributed by atoms with Crippen LogP contribution in [0.3, 0.4) is 0 Å². The lowest BCUT2D eigenvalue weighted by atomic mass is 10.0. The summed E-state index contributed by atoms with van der Waals surface area (Å²) >= 11 is 0. The monoisotopic (exact) mass is 257 g/mol. The van der Waals surface area contributed by atoms with E-state index in [2.05, 4.69) is 28.4 Å². The molecule has 2 aromatic rings. The van der Waals surface area contributed by atoms with Gasteiger partial charge in [0.1, 0.15) is 0 Å². The van der Waals surface area contributed by atoms with Gasteiger partial charge in [-0.3, -0.25) is 4.98 Å². The Morgan fingerprint density at radius 3 is 2.74 bits per heavy atom. The first-order chi connectivity index (χ1) is 9.13. The zero-order chi connectivity index (χ0) is 13.4. The second kappa shape index (κ2) is 4.68. The van der Waals surface area contributed by atoms with Crippen LogP contribution in [0.15, 0.2) is 16.7 Å². The van der Waals surface area contributed by atoms with Gasteiger partial charge in [-0.1, -0.05) is 5.16 Å². The van der Waals surface area contributed by atoms with Crippen molar-refractivity contribution in [3.8, 4) is 11.3 Å². The third-order valence-electron chi connectivity index (χ3n) is 3.55. The quantitative estimate of drug-likeness (QED) is 0.911. The Morgan fingerprint density at radius 2 is 2.05 bits per heavy atom. The zero-order valence-electron chi connectivity index (χ0n) is 11.7. The summed E-state index contributed by atoms with van der Waals surface area (Å²) in [4.78, 5) is 4.50. The van der Waals surface area contributed by atoms with Crippen LogP contribution in [0, 0.1) is 26.7 Å². The van der Waals surface area contributed by atoms with Gasteiger partial charge in [-0.15, -0.1) is 0 Å². The fraction of sp³-hybridized carbons (Fsp3) is 0.467. The highest BCUT2D eigenvalue weighted by molar-refractivity contribution is 5.66. The lowest BCUT2D eigenvalue weighted by Crippen LogP contribution is -2.02. The van der Waals surface area contributed by atoms with E-state index < -0.39 is 0 Å². The summed E-state index contributed by atoms with van der Waals surface area (Å²) in [5.74, 6) is 2.44. The van der Waals surface area contributed by atoms with E-state index in [0.717, 1.165) is 41.0 Å². The van der Waals surface area contributed by atoms with Gasteiger partial charge >= 0.3 is 0 Å². The molecular weight excluding hydrogens is 238 g/mol. The number of nitrogens with one attached hydrogen (secondary N) is 1. The Kier molecular flexibility index (Phi) is 3.01. The first-order valence-corrected chi connectivity index (χ1v) is 6.79. The summed E-state index contributed by atoms with van der Waals surface area (Å²) < 4.78 is 5.45. The second-order valence-corrected chi connectivity index (χ2v) is 5.44. The fourth-order valence-corrected chi connectivity index (χ4v) is 2.44. The SMILES string of the molecule is Cc1cc(C)c(-c2cc(NCC3CC3)no2)c(C)n1. The average Bonchev–Trinajstić information content (AvgIpc) is 3.05. The van der Waals surface area contributed by atoms with Crippen LogP contribution in [0.4, 0.5) is 5.82 Å².